The summed E-state index contributed by atoms with van der Waals surface area (Å²) in [4.78, 5) is 0. The molecule has 0 aromatic heterocycles. The molecule has 3 rings (SSSR count). The first-order chi connectivity index (χ1) is 12.7. The topological polar surface area (TPSA) is 9.23 Å². The first-order valence-electron chi connectivity index (χ1n) is 10.2. The van der Waals surface area contributed by atoms with Crippen molar-refractivity contribution in [1.29, 1.82) is 0 Å². The highest BCUT2D eigenvalue weighted by Gasteiger charge is 2.23. The Balaban J connectivity index is 1.80. The average molecular weight is 355 g/mol. The zero-order valence-electron chi connectivity index (χ0n) is 16.1. The molecule has 2 heteroatoms. The summed E-state index contributed by atoms with van der Waals surface area (Å²) in [6.45, 7) is 5.15. The van der Waals surface area contributed by atoms with E-state index >= 15 is 0 Å². The first-order valence-corrected chi connectivity index (χ1v) is 10.2. The number of rotatable bonds is 7. The standard InChI is InChI=1S/C24H31FO/c1-3-7-18-10-12-19(13-11-18)22-8-5-6-9-23(22)20-14-15-21(17-26-4-2)24(25)16-20/h5-6,8-9,14-16,18-19H,3-4,7,10-13,17H2,1-2H3. The van der Waals surface area contributed by atoms with Crippen LogP contribution in [0.25, 0.3) is 11.1 Å². The minimum atomic E-state index is -0.169. The van der Waals surface area contributed by atoms with E-state index in [-0.39, 0.29) is 5.82 Å². The van der Waals surface area contributed by atoms with Crippen LogP contribution >= 0.6 is 0 Å². The Morgan fingerprint density at radius 1 is 1.00 bits per heavy atom. The maximum Gasteiger partial charge on any atom is 0.129 e. The van der Waals surface area contributed by atoms with Crippen molar-refractivity contribution in [2.75, 3.05) is 6.61 Å². The Kier molecular flexibility index (Phi) is 6.85. The molecule has 1 fully saturated rings. The van der Waals surface area contributed by atoms with Crippen LogP contribution in [-0.2, 0) is 11.3 Å². The van der Waals surface area contributed by atoms with Crippen molar-refractivity contribution in [1.82, 2.24) is 0 Å². The predicted octanol–water partition coefficient (Wildman–Crippen LogP) is 7.10. The van der Waals surface area contributed by atoms with Gasteiger partial charge in [-0.15, -0.1) is 0 Å². The van der Waals surface area contributed by atoms with Crippen molar-refractivity contribution < 1.29 is 9.13 Å². The number of benzene rings is 2. The Bertz CT molecular complexity index is 701. The number of hydrogen-bond acceptors (Lipinski definition) is 1. The molecule has 0 saturated heterocycles. The van der Waals surface area contributed by atoms with Gasteiger partial charge >= 0.3 is 0 Å². The van der Waals surface area contributed by atoms with Gasteiger partial charge in [0.25, 0.3) is 0 Å². The molecule has 2 aromatic rings. The fourth-order valence-corrected chi connectivity index (χ4v) is 4.33. The summed E-state index contributed by atoms with van der Waals surface area (Å²) in [5.41, 5.74) is 4.19. The second kappa shape index (κ2) is 9.32. The van der Waals surface area contributed by atoms with Gasteiger partial charge in [-0.3, -0.25) is 0 Å². The molecule has 0 unspecified atom stereocenters. The van der Waals surface area contributed by atoms with E-state index < -0.39 is 0 Å². The quantitative estimate of drug-likeness (QED) is 0.515. The van der Waals surface area contributed by atoms with Gasteiger partial charge < -0.3 is 4.74 Å². The maximum atomic E-state index is 14.5. The molecule has 0 amide bonds. The van der Waals surface area contributed by atoms with Gasteiger partial charge in [-0.05, 0) is 67.2 Å². The molecule has 1 saturated carbocycles. The summed E-state index contributed by atoms with van der Waals surface area (Å²) < 4.78 is 19.8. The molecular formula is C24H31FO. The summed E-state index contributed by atoms with van der Waals surface area (Å²) in [5.74, 6) is 1.33. The Morgan fingerprint density at radius 3 is 2.46 bits per heavy atom. The highest BCUT2D eigenvalue weighted by Crippen LogP contribution is 2.41. The highest BCUT2D eigenvalue weighted by molar-refractivity contribution is 5.68. The SMILES string of the molecule is CCCC1CCC(c2ccccc2-c2ccc(COCC)c(F)c2)CC1. The van der Waals surface area contributed by atoms with E-state index in [4.69, 9.17) is 4.74 Å². The molecule has 0 N–H and O–H groups in total. The van der Waals surface area contributed by atoms with E-state index in [2.05, 4.69) is 31.2 Å². The molecular weight excluding hydrogens is 323 g/mol. The molecule has 1 nitrogen and oxygen atoms in total. The van der Waals surface area contributed by atoms with Crippen LogP contribution in [0.5, 0.6) is 0 Å². The normalized spacial score (nSPS) is 20.3. The molecule has 0 aliphatic heterocycles. The summed E-state index contributed by atoms with van der Waals surface area (Å²) >= 11 is 0. The summed E-state index contributed by atoms with van der Waals surface area (Å²) in [6, 6.07) is 14.2. The van der Waals surface area contributed by atoms with Gasteiger partial charge in [0, 0.05) is 12.2 Å². The van der Waals surface area contributed by atoms with Gasteiger partial charge in [-0.1, -0.05) is 56.2 Å². The van der Waals surface area contributed by atoms with Crippen LogP contribution in [0.1, 0.15) is 69.4 Å². The maximum absolute atomic E-state index is 14.5. The smallest absolute Gasteiger partial charge is 0.129 e. The fraction of sp³-hybridized carbons (Fsp3) is 0.500. The second-order valence-corrected chi connectivity index (χ2v) is 7.54. The molecule has 0 radical (unpaired) electrons. The minimum Gasteiger partial charge on any atom is -0.377 e. The lowest BCUT2D eigenvalue weighted by molar-refractivity contribution is 0.131. The molecule has 26 heavy (non-hydrogen) atoms. The van der Waals surface area contributed by atoms with Gasteiger partial charge in [0.05, 0.1) is 6.61 Å². The van der Waals surface area contributed by atoms with E-state index in [0.29, 0.717) is 24.7 Å². The van der Waals surface area contributed by atoms with Crippen LogP contribution in [0.4, 0.5) is 4.39 Å². The summed E-state index contributed by atoms with van der Waals surface area (Å²) in [5, 5.41) is 0. The lowest BCUT2D eigenvalue weighted by Crippen LogP contribution is -2.13. The predicted molar refractivity (Wildman–Crippen MR) is 107 cm³/mol. The lowest BCUT2D eigenvalue weighted by atomic mass is 9.75. The monoisotopic (exact) mass is 354 g/mol. The number of hydrogen-bond donors (Lipinski definition) is 0. The third-order valence-corrected chi connectivity index (χ3v) is 5.77. The fourth-order valence-electron chi connectivity index (χ4n) is 4.33. The van der Waals surface area contributed by atoms with E-state index in [9.17, 15) is 4.39 Å². The largest absolute Gasteiger partial charge is 0.377 e. The highest BCUT2D eigenvalue weighted by atomic mass is 19.1. The van der Waals surface area contributed by atoms with E-state index in [0.717, 1.165) is 11.5 Å². The van der Waals surface area contributed by atoms with Crippen LogP contribution in [0.15, 0.2) is 42.5 Å². The van der Waals surface area contributed by atoms with Crippen molar-refractivity contribution in [3.63, 3.8) is 0 Å². The van der Waals surface area contributed by atoms with Crippen LogP contribution < -0.4 is 0 Å². The third-order valence-electron chi connectivity index (χ3n) is 5.77. The first kappa shape index (κ1) is 19.1. The average Bonchev–Trinajstić information content (AvgIpc) is 2.68. The lowest BCUT2D eigenvalue weighted by Gasteiger charge is -2.30. The Labute approximate surface area is 157 Å². The van der Waals surface area contributed by atoms with Gasteiger partial charge in [0.15, 0.2) is 0 Å². The van der Waals surface area contributed by atoms with Crippen LogP contribution in [0, 0.1) is 11.7 Å². The Morgan fingerprint density at radius 2 is 1.77 bits per heavy atom. The van der Waals surface area contributed by atoms with Crippen molar-refractivity contribution >= 4 is 0 Å². The summed E-state index contributed by atoms with van der Waals surface area (Å²) in [7, 11) is 0. The third kappa shape index (κ3) is 4.54. The zero-order valence-corrected chi connectivity index (χ0v) is 16.1. The molecule has 0 bridgehead atoms. The van der Waals surface area contributed by atoms with Gasteiger partial charge in [-0.2, -0.15) is 0 Å². The molecule has 140 valence electrons. The molecule has 2 aromatic carbocycles. The molecule has 1 aliphatic rings. The van der Waals surface area contributed by atoms with Crippen molar-refractivity contribution in [3.05, 3.63) is 59.4 Å². The number of halogens is 1. The van der Waals surface area contributed by atoms with Crippen molar-refractivity contribution in [2.45, 2.75) is 64.9 Å². The van der Waals surface area contributed by atoms with Crippen LogP contribution in [-0.4, -0.2) is 6.61 Å². The molecule has 0 atom stereocenters. The van der Waals surface area contributed by atoms with Gasteiger partial charge in [0.2, 0.25) is 0 Å². The molecule has 1 aliphatic carbocycles. The van der Waals surface area contributed by atoms with Crippen molar-refractivity contribution in [2.24, 2.45) is 5.92 Å². The van der Waals surface area contributed by atoms with Gasteiger partial charge in [-0.25, -0.2) is 4.39 Å². The minimum absolute atomic E-state index is 0.169. The van der Waals surface area contributed by atoms with E-state index in [1.165, 1.54) is 49.7 Å². The van der Waals surface area contributed by atoms with Crippen LogP contribution in [0.2, 0.25) is 0 Å². The van der Waals surface area contributed by atoms with Gasteiger partial charge in [0.1, 0.15) is 5.82 Å². The second-order valence-electron chi connectivity index (χ2n) is 7.54. The van der Waals surface area contributed by atoms with E-state index in [1.54, 1.807) is 6.07 Å². The molecule has 0 spiro atoms. The van der Waals surface area contributed by atoms with E-state index in [1.807, 2.05) is 19.1 Å². The van der Waals surface area contributed by atoms with Crippen molar-refractivity contribution in [3.8, 4) is 11.1 Å². The zero-order chi connectivity index (χ0) is 18.4. The number of ether oxygens (including phenoxy) is 1. The Hall–Kier alpha value is -1.67. The van der Waals surface area contributed by atoms with Crippen LogP contribution in [0.3, 0.4) is 0 Å². The summed E-state index contributed by atoms with van der Waals surface area (Å²) in [6.07, 6.45) is 7.82. The molecule has 0 heterocycles.